The number of alkyl carbamates (subject to hydrolysis) is 1. The number of nitrogens with one attached hydrogen (secondary N) is 1. The predicted octanol–water partition coefficient (Wildman–Crippen LogP) is 10.7. The highest BCUT2D eigenvalue weighted by Crippen LogP contribution is 2.42. The number of unbranched alkanes of at least 4 members (excludes halogenated alkanes) is 1. The molecule has 1 N–H and O–H groups in total. The maximum Gasteiger partial charge on any atom is 0.407 e. The van der Waals surface area contributed by atoms with Gasteiger partial charge in [-0.2, -0.15) is 0 Å². The second-order valence-corrected chi connectivity index (χ2v) is 30.1. The highest BCUT2D eigenvalue weighted by atomic mass is 31.2. The van der Waals surface area contributed by atoms with Crippen molar-refractivity contribution in [2.75, 3.05) is 100 Å². The van der Waals surface area contributed by atoms with E-state index in [1.54, 1.807) is 59.5 Å². The topological polar surface area (TPSA) is 193 Å². The van der Waals surface area contributed by atoms with Gasteiger partial charge in [0.2, 0.25) is 22.1 Å². The first kappa shape index (κ1) is 70.4. The summed E-state index contributed by atoms with van der Waals surface area (Å²) in [6.45, 7) is 20.6. The molecule has 0 saturated carbocycles. The fraction of sp³-hybridized carbons (Fsp3) is 0.420. The molecule has 4 atom stereocenters. The third-order valence-electron chi connectivity index (χ3n) is 14.5. The van der Waals surface area contributed by atoms with Gasteiger partial charge >= 0.3 is 6.09 Å². The molecule has 18 nitrogen and oxygen atoms in total. The molecule has 21 heteroatoms. The Balaban J connectivity index is 1.34. The number of pyridine rings is 3. The minimum Gasteiger partial charge on any atom is -0.497 e. The molecule has 478 valence electrons. The lowest BCUT2D eigenvalue weighted by molar-refractivity contribution is 0.0526. The van der Waals surface area contributed by atoms with Gasteiger partial charge in [0.25, 0.3) is 0 Å². The van der Waals surface area contributed by atoms with Crippen LogP contribution in [0.2, 0.25) is 0 Å². The molecule has 1 amide bonds. The Morgan fingerprint density at radius 2 is 0.867 bits per heavy atom. The number of carbonyl (C=O) groups is 1. The smallest absolute Gasteiger partial charge is 0.407 e. The molecule has 4 heterocycles. The highest BCUT2D eigenvalue weighted by molar-refractivity contribution is 7.66. The molecule has 0 bridgehead atoms. The van der Waals surface area contributed by atoms with E-state index < -0.39 is 33.8 Å². The Morgan fingerprint density at radius 3 is 1.24 bits per heavy atom. The molecule has 0 spiro atoms. The average molecular weight is 1280 g/mol. The zero-order chi connectivity index (χ0) is 64.9. The van der Waals surface area contributed by atoms with E-state index in [1.807, 2.05) is 133 Å². The fourth-order valence-electron chi connectivity index (χ4n) is 10.0. The van der Waals surface area contributed by atoms with Crippen LogP contribution in [0, 0.1) is 35.5 Å². The maximum absolute atomic E-state index is 14.4. The summed E-state index contributed by atoms with van der Waals surface area (Å²) in [5.74, 6) is 21.9. The van der Waals surface area contributed by atoms with E-state index in [0.29, 0.717) is 139 Å². The number of aromatic nitrogens is 3. The largest absolute Gasteiger partial charge is 0.497 e. The van der Waals surface area contributed by atoms with Crippen LogP contribution in [-0.4, -0.2) is 148 Å². The SMILES string of the molecule is CCOP(C)(=O)c1cc(C#Cc2ccc(OC)cc2)cc(CN2CCN(Cc3cc(C#Cc4ccc(OC)cc4)cc(P(C)(=O)OCC)n3)C[C@H](CCCCNC(=O)OC(C)(C)C)N(Cc3cc(C#Cc4ccc(OC)cc4)cc(P(C)(=O)OCC)n3)CC2)n1. The fourth-order valence-corrected chi connectivity index (χ4v) is 13.9. The van der Waals surface area contributed by atoms with Gasteiger partial charge in [0.05, 0.1) is 58.2 Å². The molecule has 0 radical (unpaired) electrons. The van der Waals surface area contributed by atoms with E-state index in [4.69, 9.17) is 47.5 Å². The van der Waals surface area contributed by atoms with Gasteiger partial charge in [-0.25, -0.2) is 19.7 Å². The van der Waals surface area contributed by atoms with Crippen LogP contribution in [0.3, 0.4) is 0 Å². The summed E-state index contributed by atoms with van der Waals surface area (Å²) >= 11 is 0. The molecule has 1 saturated heterocycles. The lowest BCUT2D eigenvalue weighted by Gasteiger charge is -2.35. The van der Waals surface area contributed by atoms with Crippen molar-refractivity contribution in [3.05, 3.63) is 160 Å². The Bertz CT molecular complexity index is 3730. The van der Waals surface area contributed by atoms with Crippen molar-refractivity contribution in [3.63, 3.8) is 0 Å². The van der Waals surface area contributed by atoms with Crippen molar-refractivity contribution in [3.8, 4) is 52.8 Å². The van der Waals surface area contributed by atoms with E-state index in [-0.39, 0.29) is 25.9 Å². The second-order valence-electron chi connectivity index (χ2n) is 22.9. The van der Waals surface area contributed by atoms with Gasteiger partial charge in [-0.15, -0.1) is 0 Å². The zero-order valence-electron chi connectivity index (χ0n) is 54.1. The molecule has 3 unspecified atom stereocenters. The van der Waals surface area contributed by atoms with Crippen LogP contribution in [0.15, 0.2) is 109 Å². The first-order valence-corrected chi connectivity index (χ1v) is 36.5. The number of hydrogen-bond donors (Lipinski definition) is 1. The van der Waals surface area contributed by atoms with Crippen molar-refractivity contribution in [2.24, 2.45) is 0 Å². The van der Waals surface area contributed by atoms with Gasteiger partial charge in [-0.3, -0.25) is 28.4 Å². The van der Waals surface area contributed by atoms with E-state index in [2.05, 4.69) is 55.5 Å². The Hall–Kier alpha value is -7.09. The lowest BCUT2D eigenvalue weighted by Crippen LogP contribution is -2.45. The summed E-state index contributed by atoms with van der Waals surface area (Å²) in [4.78, 5) is 35.2. The molecule has 7 rings (SSSR count). The predicted molar refractivity (Wildman–Crippen MR) is 357 cm³/mol. The number of rotatable bonds is 23. The number of amides is 1. The molecule has 1 aliphatic rings. The summed E-state index contributed by atoms with van der Waals surface area (Å²) in [6.07, 6.45) is 1.62. The monoisotopic (exact) mass is 1280 g/mol. The first-order valence-electron chi connectivity index (χ1n) is 30.3. The van der Waals surface area contributed by atoms with Crippen molar-refractivity contribution in [1.82, 2.24) is 35.0 Å². The Kier molecular flexibility index (Phi) is 26.0. The van der Waals surface area contributed by atoms with Gasteiger partial charge in [0.1, 0.15) is 39.2 Å². The Labute approximate surface area is 532 Å². The molecular formula is C69H86N7O11P3. The van der Waals surface area contributed by atoms with Crippen LogP contribution in [0.4, 0.5) is 4.79 Å². The standard InChI is InChI=1S/C69H86N7O11P3/c1-13-84-88(10,78)65-45-55(22-19-52-25-31-62(81-7)32-26-52)42-58(71-65)48-74-38-39-75(49-59-43-56(46-66(72-59)89(11,79)85-14-2)23-20-53-27-33-63(82-8)34-28-53)51-61(18-16-17-37-70-68(77)87-69(4,5)6)76(41-40-74)50-60-44-57(47-67(73-60)90(12,80)86-15-3)24-21-54-29-35-64(83-9)36-30-54/h25-36,42-47,61H,13-18,37-41,48-51H2,1-12H3,(H,70,77)/t61-,88?,89?,90?/m0/s1. The lowest BCUT2D eigenvalue weighted by atomic mass is 10.1. The number of benzene rings is 3. The van der Waals surface area contributed by atoms with Crippen molar-refractivity contribution in [2.45, 2.75) is 92.1 Å². The maximum atomic E-state index is 14.4. The minimum atomic E-state index is -3.42. The Morgan fingerprint density at radius 1 is 0.511 bits per heavy atom. The third-order valence-corrected chi connectivity index (χ3v) is 19.9. The summed E-state index contributed by atoms with van der Waals surface area (Å²) in [6, 6.07) is 33.4. The molecule has 1 fully saturated rings. The van der Waals surface area contributed by atoms with Crippen LogP contribution in [0.25, 0.3) is 0 Å². The van der Waals surface area contributed by atoms with Crippen LogP contribution < -0.4 is 35.8 Å². The van der Waals surface area contributed by atoms with Crippen molar-refractivity contribution < 1.29 is 51.0 Å². The number of hydrogen-bond acceptors (Lipinski definition) is 17. The summed E-state index contributed by atoms with van der Waals surface area (Å²) < 4.78 is 82.4. The third kappa shape index (κ3) is 22.1. The molecule has 3 aromatic heterocycles. The molecule has 1 aliphatic heterocycles. The molecule has 0 aliphatic carbocycles. The highest BCUT2D eigenvalue weighted by Gasteiger charge is 2.30. The van der Waals surface area contributed by atoms with Crippen LogP contribution in [0.1, 0.15) is 111 Å². The van der Waals surface area contributed by atoms with Gasteiger partial charge in [-0.05, 0) is 164 Å². The minimum absolute atomic E-state index is 0.136. The van der Waals surface area contributed by atoms with Crippen LogP contribution >= 0.6 is 22.1 Å². The molecule has 6 aromatic rings. The summed E-state index contributed by atoms with van der Waals surface area (Å²) in [5.41, 5.74) is 6.48. The molecule has 90 heavy (non-hydrogen) atoms. The summed E-state index contributed by atoms with van der Waals surface area (Å²) in [5, 5.41) is 2.94. The van der Waals surface area contributed by atoms with Crippen LogP contribution in [-0.2, 0) is 51.6 Å². The van der Waals surface area contributed by atoms with Crippen molar-refractivity contribution in [1.29, 1.82) is 0 Å². The normalized spacial score (nSPS) is 16.1. The first-order chi connectivity index (χ1) is 43.0. The zero-order valence-corrected chi connectivity index (χ0v) is 56.8. The van der Waals surface area contributed by atoms with Crippen molar-refractivity contribution >= 4 is 44.5 Å². The summed E-state index contributed by atoms with van der Waals surface area (Å²) in [7, 11) is -5.35. The number of carbonyl (C=O) groups excluding carboxylic acids is 1. The number of methoxy groups -OCH3 is 3. The van der Waals surface area contributed by atoms with E-state index in [1.165, 1.54) is 0 Å². The average Bonchev–Trinajstić information content (AvgIpc) is 1.10. The van der Waals surface area contributed by atoms with Gasteiger partial charge in [-0.1, -0.05) is 41.9 Å². The van der Waals surface area contributed by atoms with Crippen LogP contribution in [0.5, 0.6) is 17.2 Å². The number of nitrogens with zero attached hydrogens (tertiary/aromatic N) is 6. The quantitative estimate of drug-likeness (QED) is 0.0361. The van der Waals surface area contributed by atoms with Gasteiger partial charge in [0, 0.05) is 118 Å². The molecular weight excluding hydrogens is 1200 g/mol. The van der Waals surface area contributed by atoms with E-state index in [9.17, 15) is 18.5 Å². The second kappa shape index (κ2) is 33.3. The van der Waals surface area contributed by atoms with E-state index in [0.717, 1.165) is 23.1 Å². The molecule has 3 aromatic carbocycles. The van der Waals surface area contributed by atoms with Gasteiger partial charge in [0.15, 0.2) is 0 Å². The van der Waals surface area contributed by atoms with E-state index >= 15 is 0 Å². The number of ether oxygens (including phenoxy) is 4. The van der Waals surface area contributed by atoms with Gasteiger partial charge < -0.3 is 37.8 Å².